The van der Waals surface area contributed by atoms with Crippen molar-refractivity contribution < 1.29 is 14.3 Å². The Kier molecular flexibility index (Phi) is 6.89. The molecule has 4 rings (SSSR count). The van der Waals surface area contributed by atoms with Gasteiger partial charge in [-0.25, -0.2) is 0 Å². The number of amides is 1. The van der Waals surface area contributed by atoms with Gasteiger partial charge in [-0.15, -0.1) is 10.2 Å². The molecule has 2 heterocycles. The normalized spacial score (nSPS) is 14.1. The molecule has 1 N–H and O–H groups in total. The Bertz CT molecular complexity index is 1070. The number of anilines is 2. The molecule has 33 heavy (non-hydrogen) atoms. The first-order valence-electron chi connectivity index (χ1n) is 11.2. The lowest BCUT2D eigenvalue weighted by Crippen LogP contribution is -2.36. The van der Waals surface area contributed by atoms with E-state index in [2.05, 4.69) is 41.2 Å². The number of morpholine rings is 1. The number of rotatable bonds is 6. The Balaban J connectivity index is 1.34. The first-order valence-corrected chi connectivity index (χ1v) is 11.2. The summed E-state index contributed by atoms with van der Waals surface area (Å²) in [4.78, 5) is 14.6. The van der Waals surface area contributed by atoms with E-state index in [0.29, 0.717) is 24.7 Å². The van der Waals surface area contributed by atoms with Crippen LogP contribution in [0.5, 0.6) is 5.75 Å². The van der Waals surface area contributed by atoms with E-state index in [1.165, 1.54) is 5.56 Å². The molecular weight excluding hydrogens is 416 g/mol. The standard InChI is InChI=1S/C26H30N4O3/c1-26(2,3)20-7-9-22(10-8-20)33-18-25(31)27-21-6-4-5-19(17-21)23-11-12-24(29-28-23)30-13-15-32-16-14-30/h4-12,17H,13-16,18H2,1-3H3,(H,27,31). The van der Waals surface area contributed by atoms with Crippen molar-refractivity contribution in [2.75, 3.05) is 43.1 Å². The Morgan fingerprint density at radius 1 is 1.03 bits per heavy atom. The number of hydrogen-bond acceptors (Lipinski definition) is 6. The van der Waals surface area contributed by atoms with E-state index in [-0.39, 0.29) is 17.9 Å². The number of carbonyl (C=O) groups is 1. The summed E-state index contributed by atoms with van der Waals surface area (Å²) in [6.45, 7) is 9.47. The minimum atomic E-state index is -0.221. The summed E-state index contributed by atoms with van der Waals surface area (Å²) in [6.07, 6.45) is 0. The van der Waals surface area contributed by atoms with Gasteiger partial charge in [-0.2, -0.15) is 0 Å². The van der Waals surface area contributed by atoms with Crippen molar-refractivity contribution in [2.45, 2.75) is 26.2 Å². The van der Waals surface area contributed by atoms with E-state index in [1.54, 1.807) is 0 Å². The van der Waals surface area contributed by atoms with Gasteiger partial charge in [-0.1, -0.05) is 45.0 Å². The van der Waals surface area contributed by atoms with Gasteiger partial charge in [0.1, 0.15) is 5.75 Å². The molecule has 1 aliphatic heterocycles. The summed E-state index contributed by atoms with van der Waals surface area (Å²) >= 11 is 0. The van der Waals surface area contributed by atoms with E-state index in [4.69, 9.17) is 9.47 Å². The number of ether oxygens (including phenoxy) is 2. The predicted octanol–water partition coefficient (Wildman–Crippen LogP) is 4.30. The lowest BCUT2D eigenvalue weighted by molar-refractivity contribution is -0.118. The lowest BCUT2D eigenvalue weighted by atomic mass is 9.87. The Hall–Kier alpha value is -3.45. The largest absolute Gasteiger partial charge is 0.484 e. The third kappa shape index (κ3) is 6.08. The van der Waals surface area contributed by atoms with Crippen LogP contribution in [-0.2, 0) is 14.9 Å². The molecule has 0 spiro atoms. The van der Waals surface area contributed by atoms with Crippen molar-refractivity contribution in [3.63, 3.8) is 0 Å². The summed E-state index contributed by atoms with van der Waals surface area (Å²) in [5, 5.41) is 11.6. The number of aromatic nitrogens is 2. The Morgan fingerprint density at radius 2 is 1.79 bits per heavy atom. The van der Waals surface area contributed by atoms with Crippen LogP contribution in [0, 0.1) is 0 Å². The van der Waals surface area contributed by atoms with Gasteiger partial charge in [0.05, 0.1) is 18.9 Å². The highest BCUT2D eigenvalue weighted by Crippen LogP contribution is 2.25. The van der Waals surface area contributed by atoms with Crippen molar-refractivity contribution in [3.8, 4) is 17.0 Å². The zero-order valence-electron chi connectivity index (χ0n) is 19.4. The molecule has 1 aromatic heterocycles. The van der Waals surface area contributed by atoms with Crippen LogP contribution in [0.2, 0.25) is 0 Å². The van der Waals surface area contributed by atoms with Crippen molar-refractivity contribution in [2.24, 2.45) is 0 Å². The number of hydrogen-bond donors (Lipinski definition) is 1. The maximum Gasteiger partial charge on any atom is 0.262 e. The third-order valence-electron chi connectivity index (χ3n) is 5.52. The molecule has 0 unspecified atom stereocenters. The van der Waals surface area contributed by atoms with Crippen molar-refractivity contribution >= 4 is 17.4 Å². The fourth-order valence-electron chi connectivity index (χ4n) is 3.59. The summed E-state index contributed by atoms with van der Waals surface area (Å²) in [6, 6.07) is 19.3. The molecule has 7 heteroatoms. The molecule has 3 aromatic rings. The molecule has 0 radical (unpaired) electrons. The summed E-state index contributed by atoms with van der Waals surface area (Å²) in [5.74, 6) is 1.29. The van der Waals surface area contributed by atoms with Crippen molar-refractivity contribution in [1.29, 1.82) is 0 Å². The van der Waals surface area contributed by atoms with E-state index in [0.717, 1.165) is 30.2 Å². The summed E-state index contributed by atoms with van der Waals surface area (Å²) < 4.78 is 11.0. The monoisotopic (exact) mass is 446 g/mol. The van der Waals surface area contributed by atoms with Gasteiger partial charge in [0.25, 0.3) is 5.91 Å². The Labute approximate surface area is 194 Å². The molecule has 1 aliphatic rings. The molecular formula is C26H30N4O3. The molecule has 1 fully saturated rings. The molecule has 1 saturated heterocycles. The average molecular weight is 447 g/mol. The molecule has 1 amide bonds. The third-order valence-corrected chi connectivity index (χ3v) is 5.52. The second-order valence-corrected chi connectivity index (χ2v) is 9.07. The number of carbonyl (C=O) groups excluding carboxylic acids is 1. The number of benzene rings is 2. The molecule has 0 aliphatic carbocycles. The first kappa shape index (κ1) is 22.7. The smallest absolute Gasteiger partial charge is 0.262 e. The van der Waals surface area contributed by atoms with Crippen LogP contribution in [-0.4, -0.2) is 49.0 Å². The van der Waals surface area contributed by atoms with Gasteiger partial charge in [-0.05, 0) is 47.4 Å². The van der Waals surface area contributed by atoms with E-state index in [1.807, 2.05) is 60.7 Å². The van der Waals surface area contributed by atoms with Crippen LogP contribution in [0.4, 0.5) is 11.5 Å². The highest BCUT2D eigenvalue weighted by molar-refractivity contribution is 5.92. The predicted molar refractivity (Wildman–Crippen MR) is 130 cm³/mol. The van der Waals surface area contributed by atoms with Crippen molar-refractivity contribution in [1.82, 2.24) is 10.2 Å². The van der Waals surface area contributed by atoms with E-state index < -0.39 is 0 Å². The molecule has 172 valence electrons. The fourth-order valence-corrected chi connectivity index (χ4v) is 3.59. The zero-order chi connectivity index (χ0) is 23.3. The highest BCUT2D eigenvalue weighted by atomic mass is 16.5. The van der Waals surface area contributed by atoms with Gasteiger partial charge in [0.15, 0.2) is 12.4 Å². The van der Waals surface area contributed by atoms with Crippen LogP contribution in [0.3, 0.4) is 0 Å². The summed E-state index contributed by atoms with van der Waals surface area (Å²) in [7, 11) is 0. The molecule has 0 atom stereocenters. The average Bonchev–Trinajstić information content (AvgIpc) is 2.83. The Morgan fingerprint density at radius 3 is 2.45 bits per heavy atom. The first-order chi connectivity index (χ1) is 15.9. The van der Waals surface area contributed by atoms with Gasteiger partial charge < -0.3 is 19.7 Å². The number of nitrogens with one attached hydrogen (secondary N) is 1. The topological polar surface area (TPSA) is 76.6 Å². The molecule has 2 aromatic carbocycles. The fraction of sp³-hybridized carbons (Fsp3) is 0.346. The zero-order valence-corrected chi connectivity index (χ0v) is 19.4. The van der Waals surface area contributed by atoms with E-state index in [9.17, 15) is 4.79 Å². The van der Waals surface area contributed by atoms with Crippen LogP contribution in [0.25, 0.3) is 11.3 Å². The molecule has 7 nitrogen and oxygen atoms in total. The molecule has 0 bridgehead atoms. The minimum Gasteiger partial charge on any atom is -0.484 e. The van der Waals surface area contributed by atoms with Gasteiger partial charge in [0.2, 0.25) is 0 Å². The highest BCUT2D eigenvalue weighted by Gasteiger charge is 2.14. The van der Waals surface area contributed by atoms with Crippen LogP contribution < -0.4 is 15.0 Å². The minimum absolute atomic E-state index is 0.0624. The molecule has 0 saturated carbocycles. The van der Waals surface area contributed by atoms with Gasteiger partial charge >= 0.3 is 0 Å². The van der Waals surface area contributed by atoms with Crippen LogP contribution in [0.1, 0.15) is 26.3 Å². The SMILES string of the molecule is CC(C)(C)c1ccc(OCC(=O)Nc2cccc(-c3ccc(N4CCOCC4)nn3)c2)cc1. The maximum atomic E-state index is 12.4. The lowest BCUT2D eigenvalue weighted by Gasteiger charge is -2.27. The quantitative estimate of drug-likeness (QED) is 0.609. The van der Waals surface area contributed by atoms with Crippen LogP contribution in [0.15, 0.2) is 60.7 Å². The van der Waals surface area contributed by atoms with Gasteiger partial charge in [0, 0.05) is 24.3 Å². The number of nitrogens with zero attached hydrogens (tertiary/aromatic N) is 3. The second-order valence-electron chi connectivity index (χ2n) is 9.07. The van der Waals surface area contributed by atoms with Crippen molar-refractivity contribution in [3.05, 3.63) is 66.2 Å². The maximum absolute atomic E-state index is 12.4. The van der Waals surface area contributed by atoms with Crippen LogP contribution >= 0.6 is 0 Å². The second kappa shape index (κ2) is 10.0. The summed E-state index contributed by atoms with van der Waals surface area (Å²) in [5.41, 5.74) is 3.61. The van der Waals surface area contributed by atoms with Gasteiger partial charge in [-0.3, -0.25) is 4.79 Å². The van der Waals surface area contributed by atoms with E-state index >= 15 is 0 Å².